The van der Waals surface area contributed by atoms with E-state index >= 15 is 0 Å². The van der Waals surface area contributed by atoms with Gasteiger partial charge in [-0.25, -0.2) is 4.39 Å². The summed E-state index contributed by atoms with van der Waals surface area (Å²) in [6.45, 7) is 7.92. The number of halogens is 1. The van der Waals surface area contributed by atoms with Crippen LogP contribution in [-0.2, 0) is 4.79 Å². The van der Waals surface area contributed by atoms with Gasteiger partial charge in [-0.3, -0.25) is 4.79 Å². The van der Waals surface area contributed by atoms with Crippen LogP contribution in [0.2, 0.25) is 0 Å². The van der Waals surface area contributed by atoms with Crippen LogP contribution in [0.4, 0.5) is 9.52 Å². The van der Waals surface area contributed by atoms with E-state index < -0.39 is 0 Å². The summed E-state index contributed by atoms with van der Waals surface area (Å²) in [6, 6.07) is 5.91. The smallest absolute Gasteiger partial charge is 0.233 e. The Morgan fingerprint density at radius 1 is 1.38 bits per heavy atom. The van der Waals surface area contributed by atoms with Crippen LogP contribution >= 0.6 is 23.1 Å². The third kappa shape index (κ3) is 5.31. The molecule has 0 unspecified atom stereocenters. The lowest BCUT2D eigenvalue weighted by Gasteiger charge is -2.17. The number of thioether (sulfide) groups is 1. The van der Waals surface area contributed by atoms with Gasteiger partial charge in [-0.15, -0.1) is 16.8 Å². The van der Waals surface area contributed by atoms with E-state index in [9.17, 15) is 9.18 Å². The first kappa shape index (κ1) is 18.4. The fraction of sp³-hybridized carbons (Fsp3) is 0.312. The molecule has 128 valence electrons. The number of nitrogens with zero attached hydrogens (tertiary/aromatic N) is 2. The molecule has 2 rings (SSSR count). The highest BCUT2D eigenvalue weighted by Gasteiger charge is 2.19. The van der Waals surface area contributed by atoms with E-state index in [1.54, 1.807) is 18.2 Å². The molecule has 1 aromatic heterocycles. The molecule has 1 heterocycles. The molecule has 8 heteroatoms. The average Bonchev–Trinajstić information content (AvgIpc) is 3.00. The Balaban J connectivity index is 1.88. The fourth-order valence-electron chi connectivity index (χ4n) is 1.86. The van der Waals surface area contributed by atoms with Crippen molar-refractivity contribution in [2.75, 3.05) is 11.9 Å². The molecule has 24 heavy (non-hydrogen) atoms. The maximum absolute atomic E-state index is 12.9. The first-order valence-corrected chi connectivity index (χ1v) is 9.10. The van der Waals surface area contributed by atoms with Crippen LogP contribution in [0.25, 0.3) is 0 Å². The summed E-state index contributed by atoms with van der Waals surface area (Å²) in [4.78, 5) is 12.3. The van der Waals surface area contributed by atoms with Gasteiger partial charge in [-0.2, -0.15) is 0 Å². The van der Waals surface area contributed by atoms with Crippen molar-refractivity contribution < 1.29 is 9.18 Å². The third-order valence-corrected chi connectivity index (χ3v) is 5.24. The summed E-state index contributed by atoms with van der Waals surface area (Å²) in [5, 5.41) is 14.4. The van der Waals surface area contributed by atoms with Crippen molar-refractivity contribution in [2.24, 2.45) is 0 Å². The maximum atomic E-state index is 12.9. The van der Waals surface area contributed by atoms with E-state index in [-0.39, 0.29) is 23.0 Å². The molecule has 2 aromatic rings. The van der Waals surface area contributed by atoms with Crippen molar-refractivity contribution in [3.05, 3.63) is 48.3 Å². The number of nitrogens with one attached hydrogen (secondary N) is 2. The second-order valence-electron chi connectivity index (χ2n) is 5.08. The van der Waals surface area contributed by atoms with Crippen LogP contribution in [0.1, 0.15) is 25.5 Å². The van der Waals surface area contributed by atoms with E-state index in [0.29, 0.717) is 11.7 Å². The third-order valence-electron chi connectivity index (χ3n) is 3.18. The van der Waals surface area contributed by atoms with E-state index in [4.69, 9.17) is 0 Å². The lowest BCUT2D eigenvalue weighted by Crippen LogP contribution is -2.33. The topological polar surface area (TPSA) is 66.9 Å². The molecule has 0 aliphatic carbocycles. The van der Waals surface area contributed by atoms with Crippen LogP contribution in [-0.4, -0.2) is 27.9 Å². The average molecular weight is 366 g/mol. The van der Waals surface area contributed by atoms with Gasteiger partial charge in [0.1, 0.15) is 5.82 Å². The zero-order valence-electron chi connectivity index (χ0n) is 13.5. The minimum Gasteiger partial charge on any atom is -0.357 e. The van der Waals surface area contributed by atoms with Gasteiger partial charge in [0.15, 0.2) is 4.34 Å². The number of carbonyl (C=O) groups excluding carboxylic acids is 1. The molecule has 0 bridgehead atoms. The van der Waals surface area contributed by atoms with Gasteiger partial charge in [-0.05, 0) is 31.5 Å². The molecule has 0 saturated carbocycles. The molecular formula is C16H19FN4OS2. The number of anilines is 1. The summed E-state index contributed by atoms with van der Waals surface area (Å²) in [6.07, 6.45) is 1.74. The molecule has 0 aliphatic heterocycles. The van der Waals surface area contributed by atoms with Crippen LogP contribution < -0.4 is 10.6 Å². The number of aromatic nitrogens is 2. The predicted molar refractivity (Wildman–Crippen MR) is 96.9 cm³/mol. The Bertz CT molecular complexity index is 690. The first-order valence-electron chi connectivity index (χ1n) is 7.40. The molecule has 0 spiro atoms. The van der Waals surface area contributed by atoms with Gasteiger partial charge in [0, 0.05) is 6.54 Å². The fourth-order valence-corrected chi connectivity index (χ4v) is 3.77. The zero-order valence-corrected chi connectivity index (χ0v) is 15.1. The molecule has 2 atom stereocenters. The molecule has 1 amide bonds. The molecule has 0 fully saturated rings. The molecule has 5 nitrogen and oxygen atoms in total. The van der Waals surface area contributed by atoms with E-state index in [1.807, 2.05) is 13.8 Å². The summed E-state index contributed by atoms with van der Waals surface area (Å²) < 4.78 is 13.7. The van der Waals surface area contributed by atoms with Gasteiger partial charge in [-0.1, -0.05) is 41.3 Å². The minimum absolute atomic E-state index is 0.104. The Hall–Kier alpha value is -1.93. The highest BCUT2D eigenvalue weighted by molar-refractivity contribution is 8.02. The van der Waals surface area contributed by atoms with Crippen LogP contribution in [0.15, 0.2) is 41.3 Å². The summed E-state index contributed by atoms with van der Waals surface area (Å²) in [5.74, 6) is -0.397. The minimum atomic E-state index is -0.312. The van der Waals surface area contributed by atoms with Crippen molar-refractivity contribution in [3.8, 4) is 0 Å². The number of rotatable bonds is 8. The first-order chi connectivity index (χ1) is 11.5. The van der Waals surface area contributed by atoms with Crippen molar-refractivity contribution in [1.82, 2.24) is 15.5 Å². The van der Waals surface area contributed by atoms with Crippen LogP contribution in [0.5, 0.6) is 0 Å². The SMILES string of the molecule is C=CCNc1nnc(S[C@H](C)C(=O)N[C@H](C)c2ccc(F)cc2)s1. The number of hydrogen-bond acceptors (Lipinski definition) is 6. The lowest BCUT2D eigenvalue weighted by atomic mass is 10.1. The van der Waals surface area contributed by atoms with E-state index in [0.717, 1.165) is 9.90 Å². The van der Waals surface area contributed by atoms with Gasteiger partial charge >= 0.3 is 0 Å². The van der Waals surface area contributed by atoms with Gasteiger partial charge in [0.05, 0.1) is 11.3 Å². The van der Waals surface area contributed by atoms with E-state index in [1.165, 1.54) is 35.2 Å². The standard InChI is InChI=1S/C16H19FN4OS2/c1-4-9-18-15-20-21-16(24-15)23-11(3)14(22)19-10(2)12-5-7-13(17)8-6-12/h4-8,10-11H,1,9H2,2-3H3,(H,18,20)(H,19,22)/t10-,11-/m1/s1. The van der Waals surface area contributed by atoms with Crippen molar-refractivity contribution >= 4 is 34.1 Å². The number of benzene rings is 1. The number of amides is 1. The normalized spacial score (nSPS) is 13.1. The summed E-state index contributed by atoms with van der Waals surface area (Å²) in [5.41, 5.74) is 0.855. The molecule has 1 aromatic carbocycles. The van der Waals surface area contributed by atoms with Crippen molar-refractivity contribution in [2.45, 2.75) is 29.5 Å². The van der Waals surface area contributed by atoms with E-state index in [2.05, 4.69) is 27.4 Å². The molecule has 0 radical (unpaired) electrons. The van der Waals surface area contributed by atoms with Gasteiger partial charge < -0.3 is 10.6 Å². The highest BCUT2D eigenvalue weighted by Crippen LogP contribution is 2.29. The second kappa shape index (κ2) is 8.79. The Kier molecular flexibility index (Phi) is 6.74. The second-order valence-corrected chi connectivity index (χ2v) is 7.65. The summed E-state index contributed by atoms with van der Waals surface area (Å²) >= 11 is 2.75. The van der Waals surface area contributed by atoms with Crippen LogP contribution in [0, 0.1) is 5.82 Å². The lowest BCUT2D eigenvalue weighted by molar-refractivity contribution is -0.120. The predicted octanol–water partition coefficient (Wildman–Crippen LogP) is 3.63. The maximum Gasteiger partial charge on any atom is 0.233 e. The Morgan fingerprint density at radius 3 is 2.75 bits per heavy atom. The van der Waals surface area contributed by atoms with Crippen molar-refractivity contribution in [3.63, 3.8) is 0 Å². The van der Waals surface area contributed by atoms with Gasteiger partial charge in [0.2, 0.25) is 11.0 Å². The summed E-state index contributed by atoms with van der Waals surface area (Å²) in [7, 11) is 0. The highest BCUT2D eigenvalue weighted by atomic mass is 32.2. The van der Waals surface area contributed by atoms with Gasteiger partial charge in [0.25, 0.3) is 0 Å². The van der Waals surface area contributed by atoms with Crippen LogP contribution in [0.3, 0.4) is 0 Å². The Morgan fingerprint density at radius 2 is 2.08 bits per heavy atom. The monoisotopic (exact) mass is 366 g/mol. The zero-order chi connectivity index (χ0) is 17.5. The molecule has 0 saturated heterocycles. The quantitative estimate of drug-likeness (QED) is 0.552. The van der Waals surface area contributed by atoms with Crippen molar-refractivity contribution in [1.29, 1.82) is 0 Å². The molecule has 2 N–H and O–H groups in total. The molecular weight excluding hydrogens is 347 g/mol. The largest absolute Gasteiger partial charge is 0.357 e. The number of hydrogen-bond donors (Lipinski definition) is 2. The molecule has 0 aliphatic rings. The Labute approximate surface area is 148 Å². The number of carbonyl (C=O) groups is 1.